The van der Waals surface area contributed by atoms with Crippen LogP contribution in [0.2, 0.25) is 0 Å². The summed E-state index contributed by atoms with van der Waals surface area (Å²) in [6, 6.07) is 18.1. The number of hydrogen-bond acceptors (Lipinski definition) is 4. The lowest BCUT2D eigenvalue weighted by Gasteiger charge is -2.18. The normalized spacial score (nSPS) is 11.5. The number of furan rings is 1. The number of amides is 2. The molecular formula is C24H26N2O4. The van der Waals surface area contributed by atoms with Crippen molar-refractivity contribution in [2.75, 3.05) is 5.32 Å². The van der Waals surface area contributed by atoms with E-state index in [0.29, 0.717) is 29.2 Å². The van der Waals surface area contributed by atoms with Gasteiger partial charge in [0.05, 0.1) is 24.1 Å². The van der Waals surface area contributed by atoms with Gasteiger partial charge in [-0.3, -0.25) is 9.59 Å². The molecule has 1 atom stereocenters. The van der Waals surface area contributed by atoms with Crippen LogP contribution in [0.3, 0.4) is 0 Å². The third-order valence-corrected chi connectivity index (χ3v) is 4.71. The number of benzene rings is 2. The molecule has 0 saturated carbocycles. The van der Waals surface area contributed by atoms with Gasteiger partial charge in [-0.15, -0.1) is 0 Å². The summed E-state index contributed by atoms with van der Waals surface area (Å²) in [7, 11) is 0. The number of rotatable bonds is 9. The van der Waals surface area contributed by atoms with Gasteiger partial charge >= 0.3 is 0 Å². The quantitative estimate of drug-likeness (QED) is 0.546. The van der Waals surface area contributed by atoms with Crippen molar-refractivity contribution in [3.63, 3.8) is 0 Å². The van der Waals surface area contributed by atoms with Crippen molar-refractivity contribution in [2.45, 2.75) is 39.3 Å². The molecule has 0 bridgehead atoms. The first-order valence-electron chi connectivity index (χ1n) is 10.1. The van der Waals surface area contributed by atoms with E-state index >= 15 is 0 Å². The van der Waals surface area contributed by atoms with E-state index in [-0.39, 0.29) is 18.4 Å². The summed E-state index contributed by atoms with van der Waals surface area (Å²) in [5.74, 6) is 0.687. The summed E-state index contributed by atoms with van der Waals surface area (Å²) in [4.78, 5) is 25.4. The van der Waals surface area contributed by atoms with Crippen LogP contribution >= 0.6 is 0 Å². The number of hydrogen-bond donors (Lipinski definition) is 2. The average molecular weight is 406 g/mol. The molecule has 0 radical (unpaired) electrons. The van der Waals surface area contributed by atoms with Crippen LogP contribution in [0.4, 0.5) is 5.69 Å². The Kier molecular flexibility index (Phi) is 7.27. The Morgan fingerprint density at radius 2 is 1.77 bits per heavy atom. The minimum atomic E-state index is -0.670. The second-order valence-corrected chi connectivity index (χ2v) is 6.81. The molecule has 3 rings (SSSR count). The van der Waals surface area contributed by atoms with Crippen LogP contribution in [-0.2, 0) is 17.8 Å². The van der Waals surface area contributed by atoms with Gasteiger partial charge in [-0.2, -0.15) is 0 Å². The molecule has 0 aliphatic carbocycles. The maximum Gasteiger partial charge on any atom is 0.265 e. The van der Waals surface area contributed by atoms with E-state index in [2.05, 4.69) is 17.6 Å². The van der Waals surface area contributed by atoms with Crippen LogP contribution in [0.25, 0.3) is 0 Å². The fraction of sp³-hybridized carbons (Fsp3) is 0.250. The molecule has 0 fully saturated rings. The van der Waals surface area contributed by atoms with E-state index in [0.717, 1.165) is 6.42 Å². The predicted molar refractivity (Wildman–Crippen MR) is 115 cm³/mol. The monoisotopic (exact) mass is 406 g/mol. The average Bonchev–Trinajstić information content (AvgIpc) is 3.30. The van der Waals surface area contributed by atoms with E-state index in [9.17, 15) is 9.59 Å². The summed E-state index contributed by atoms with van der Waals surface area (Å²) in [5, 5.41) is 5.62. The van der Waals surface area contributed by atoms with Crippen molar-refractivity contribution in [1.29, 1.82) is 0 Å². The Hall–Kier alpha value is -3.54. The molecule has 1 heterocycles. The first kappa shape index (κ1) is 21.2. The molecule has 6 heteroatoms. The zero-order valence-corrected chi connectivity index (χ0v) is 17.2. The van der Waals surface area contributed by atoms with Gasteiger partial charge in [0, 0.05) is 0 Å². The SMILES string of the molecule is CCc1ccc(O[C@H](CC)C(=O)Nc2ccccc2C(=O)NCc2ccco2)cc1. The van der Waals surface area contributed by atoms with Crippen LogP contribution in [-0.4, -0.2) is 17.9 Å². The lowest BCUT2D eigenvalue weighted by molar-refractivity contribution is -0.122. The Morgan fingerprint density at radius 1 is 1.00 bits per heavy atom. The standard InChI is InChI=1S/C24H26N2O4/c1-3-17-11-13-18(14-12-17)30-22(4-2)24(28)26-21-10-6-5-9-20(21)23(27)25-16-19-8-7-15-29-19/h5-15,22H,3-4,16H2,1-2H3,(H,25,27)(H,26,28)/t22-/m1/s1. The Bertz CT molecular complexity index is 965. The summed E-state index contributed by atoms with van der Waals surface area (Å²) in [5.41, 5.74) is 2.01. The van der Waals surface area contributed by atoms with Crippen molar-refractivity contribution in [2.24, 2.45) is 0 Å². The molecular weight excluding hydrogens is 380 g/mol. The number of nitrogens with one attached hydrogen (secondary N) is 2. The number of ether oxygens (including phenoxy) is 1. The highest BCUT2D eigenvalue weighted by molar-refractivity contribution is 6.04. The van der Waals surface area contributed by atoms with E-state index < -0.39 is 6.10 Å². The molecule has 3 aromatic rings. The summed E-state index contributed by atoms with van der Waals surface area (Å²) in [6.45, 7) is 4.23. The van der Waals surface area contributed by atoms with E-state index in [4.69, 9.17) is 9.15 Å². The fourth-order valence-corrected chi connectivity index (χ4v) is 2.97. The number of carbonyl (C=O) groups is 2. The lowest BCUT2D eigenvalue weighted by Crippen LogP contribution is -2.33. The van der Waals surface area contributed by atoms with Crippen LogP contribution in [0.15, 0.2) is 71.3 Å². The van der Waals surface area contributed by atoms with Crippen LogP contribution in [0.5, 0.6) is 5.75 Å². The molecule has 2 aromatic carbocycles. The Labute approximate surface area is 176 Å². The third-order valence-electron chi connectivity index (χ3n) is 4.71. The number of anilines is 1. The molecule has 156 valence electrons. The first-order chi connectivity index (χ1) is 14.6. The van der Waals surface area contributed by atoms with Crippen LogP contribution in [0.1, 0.15) is 41.9 Å². The topological polar surface area (TPSA) is 80.6 Å². The minimum Gasteiger partial charge on any atom is -0.481 e. The molecule has 0 aliphatic rings. The smallest absolute Gasteiger partial charge is 0.265 e. The predicted octanol–water partition coefficient (Wildman–Crippen LogP) is 4.57. The largest absolute Gasteiger partial charge is 0.481 e. The lowest BCUT2D eigenvalue weighted by atomic mass is 10.1. The van der Waals surface area contributed by atoms with Crippen LogP contribution in [0, 0.1) is 0 Å². The zero-order valence-electron chi connectivity index (χ0n) is 17.2. The van der Waals surface area contributed by atoms with Gasteiger partial charge in [0.15, 0.2) is 6.10 Å². The Balaban J connectivity index is 1.66. The Morgan fingerprint density at radius 3 is 2.43 bits per heavy atom. The first-order valence-corrected chi connectivity index (χ1v) is 10.1. The highest BCUT2D eigenvalue weighted by atomic mass is 16.5. The highest BCUT2D eigenvalue weighted by Crippen LogP contribution is 2.19. The van der Waals surface area contributed by atoms with Crippen molar-refractivity contribution in [3.05, 3.63) is 83.8 Å². The molecule has 1 aromatic heterocycles. The molecule has 0 saturated heterocycles. The van der Waals surface area contributed by atoms with E-state index in [1.807, 2.05) is 31.2 Å². The van der Waals surface area contributed by atoms with Crippen molar-refractivity contribution in [3.8, 4) is 5.75 Å². The number of aryl methyl sites for hydroxylation is 1. The second kappa shape index (κ2) is 10.3. The number of carbonyl (C=O) groups excluding carboxylic acids is 2. The maximum atomic E-state index is 12.8. The second-order valence-electron chi connectivity index (χ2n) is 6.81. The van der Waals surface area contributed by atoms with Gasteiger partial charge in [-0.1, -0.05) is 38.1 Å². The number of para-hydroxylation sites is 1. The molecule has 2 amide bonds. The minimum absolute atomic E-state index is 0.266. The van der Waals surface area contributed by atoms with Crippen molar-refractivity contribution < 1.29 is 18.7 Å². The van der Waals surface area contributed by atoms with Gasteiger partial charge in [0.2, 0.25) is 0 Å². The third kappa shape index (κ3) is 5.50. The van der Waals surface area contributed by atoms with Crippen LogP contribution < -0.4 is 15.4 Å². The summed E-state index contributed by atoms with van der Waals surface area (Å²) in [6.07, 6.45) is 2.32. The maximum absolute atomic E-state index is 12.8. The molecule has 0 unspecified atom stereocenters. The summed E-state index contributed by atoms with van der Waals surface area (Å²) >= 11 is 0. The van der Waals surface area contributed by atoms with Crippen molar-refractivity contribution >= 4 is 17.5 Å². The molecule has 0 aliphatic heterocycles. The van der Waals surface area contributed by atoms with E-state index in [1.165, 1.54) is 5.56 Å². The molecule has 0 spiro atoms. The van der Waals surface area contributed by atoms with Gasteiger partial charge in [0.1, 0.15) is 11.5 Å². The van der Waals surface area contributed by atoms with Gasteiger partial charge in [-0.05, 0) is 54.8 Å². The highest BCUT2D eigenvalue weighted by Gasteiger charge is 2.21. The van der Waals surface area contributed by atoms with Gasteiger partial charge < -0.3 is 19.8 Å². The van der Waals surface area contributed by atoms with Gasteiger partial charge in [-0.25, -0.2) is 0 Å². The van der Waals surface area contributed by atoms with Crippen molar-refractivity contribution in [1.82, 2.24) is 5.32 Å². The fourth-order valence-electron chi connectivity index (χ4n) is 2.97. The molecule has 30 heavy (non-hydrogen) atoms. The zero-order chi connectivity index (χ0) is 21.3. The van der Waals surface area contributed by atoms with Gasteiger partial charge in [0.25, 0.3) is 11.8 Å². The molecule has 2 N–H and O–H groups in total. The summed E-state index contributed by atoms with van der Waals surface area (Å²) < 4.78 is 11.1. The van der Waals surface area contributed by atoms with E-state index in [1.54, 1.807) is 42.7 Å². The molecule has 6 nitrogen and oxygen atoms in total.